The Hall–Kier alpha value is -0.500. The summed E-state index contributed by atoms with van der Waals surface area (Å²) < 4.78 is 5.85. The van der Waals surface area contributed by atoms with E-state index in [4.69, 9.17) is 4.74 Å². The van der Waals surface area contributed by atoms with Gasteiger partial charge in [-0.15, -0.1) is 0 Å². The van der Waals surface area contributed by atoms with Gasteiger partial charge < -0.3 is 9.64 Å². The summed E-state index contributed by atoms with van der Waals surface area (Å²) in [5.74, 6) is 1.87. The number of ether oxygens (including phenoxy) is 1. The molecule has 0 aromatic carbocycles. The molecule has 1 atom stereocenters. The second-order valence-electron chi connectivity index (χ2n) is 11.6. The highest BCUT2D eigenvalue weighted by Gasteiger charge is 2.08. The third-order valence-electron chi connectivity index (χ3n) is 7.95. The molecule has 0 bridgehead atoms. The normalized spacial score (nSPS) is 11.9. The molecule has 0 saturated heterocycles. The van der Waals surface area contributed by atoms with Crippen LogP contribution in [-0.4, -0.2) is 31.1 Å². The second-order valence-corrected chi connectivity index (χ2v) is 11.6. The molecule has 0 rings (SSSR count). The van der Waals surface area contributed by atoms with Gasteiger partial charge in [0.2, 0.25) is 0 Å². The average molecular weight is 538 g/mol. The van der Waals surface area contributed by atoms with Gasteiger partial charge in [0.15, 0.2) is 0 Å². The van der Waals surface area contributed by atoms with Gasteiger partial charge in [-0.3, -0.25) is 0 Å². The van der Waals surface area contributed by atoms with Crippen molar-refractivity contribution in [2.24, 2.45) is 5.92 Å². The number of hydrogen-bond donors (Lipinski definition) is 0. The Kier molecular flexibility index (Phi) is 36.0. The number of hydrogen-bond acceptors (Lipinski definition) is 2. The zero-order valence-corrected chi connectivity index (χ0v) is 27.7. The van der Waals surface area contributed by atoms with Crippen molar-refractivity contribution in [2.75, 3.05) is 26.2 Å². The van der Waals surface area contributed by atoms with E-state index in [-0.39, 0.29) is 0 Å². The zero-order chi connectivity index (χ0) is 28.5. The molecule has 0 heterocycles. The molecule has 38 heavy (non-hydrogen) atoms. The second kappa shape index (κ2) is 34.5. The minimum Gasteiger partial charge on any atom is -0.499 e. The Balaban J connectivity index is 0. The lowest BCUT2D eigenvalue weighted by molar-refractivity contribution is 0.194. The quantitative estimate of drug-likeness (QED) is 0.0667. The van der Waals surface area contributed by atoms with Crippen LogP contribution in [0.1, 0.15) is 189 Å². The molecular weight excluding hydrogens is 462 g/mol. The van der Waals surface area contributed by atoms with Gasteiger partial charge in [-0.25, -0.2) is 0 Å². The van der Waals surface area contributed by atoms with E-state index in [1.165, 1.54) is 161 Å². The molecule has 0 N–H and O–H groups in total. The summed E-state index contributed by atoms with van der Waals surface area (Å²) in [7, 11) is 0. The molecule has 0 amide bonds. The summed E-state index contributed by atoms with van der Waals surface area (Å²) in [6.45, 7) is 22.2. The maximum absolute atomic E-state index is 5.85. The monoisotopic (exact) mass is 538 g/mol. The van der Waals surface area contributed by atoms with Crippen LogP contribution >= 0.6 is 0 Å². The van der Waals surface area contributed by atoms with E-state index in [0.29, 0.717) is 0 Å². The van der Waals surface area contributed by atoms with E-state index in [1.54, 1.807) is 0 Å². The van der Waals surface area contributed by atoms with Crippen molar-refractivity contribution < 1.29 is 4.74 Å². The summed E-state index contributed by atoms with van der Waals surface area (Å²) in [5.41, 5.74) is 0. The lowest BCUT2D eigenvalue weighted by atomic mass is 10.0. The Labute approximate surface area is 243 Å². The van der Waals surface area contributed by atoms with Crippen molar-refractivity contribution in [2.45, 2.75) is 189 Å². The third kappa shape index (κ3) is 31.7. The minimum atomic E-state index is 0.858. The maximum Gasteiger partial charge on any atom is 0.0888 e. The molecule has 0 aromatic rings. The highest BCUT2D eigenvalue weighted by atomic mass is 16.5. The lowest BCUT2D eigenvalue weighted by Gasteiger charge is -2.24. The highest BCUT2D eigenvalue weighted by Crippen LogP contribution is 2.15. The predicted molar refractivity (Wildman–Crippen MR) is 175 cm³/mol. The van der Waals surface area contributed by atoms with Crippen LogP contribution in [-0.2, 0) is 4.74 Å². The predicted octanol–water partition coefficient (Wildman–Crippen LogP) is 12.5. The van der Waals surface area contributed by atoms with Crippen LogP contribution in [0.4, 0.5) is 0 Å². The van der Waals surface area contributed by atoms with Gasteiger partial charge in [0.25, 0.3) is 0 Å². The Morgan fingerprint density at radius 1 is 0.579 bits per heavy atom. The molecule has 0 aromatic heterocycles. The van der Waals surface area contributed by atoms with E-state index in [9.17, 15) is 0 Å². The van der Waals surface area contributed by atoms with Crippen molar-refractivity contribution in [1.82, 2.24) is 4.90 Å². The van der Waals surface area contributed by atoms with Crippen molar-refractivity contribution in [3.63, 3.8) is 0 Å². The number of allylic oxidation sites excluding steroid dienone is 1. The van der Waals surface area contributed by atoms with Crippen LogP contribution in [0.2, 0.25) is 0 Å². The summed E-state index contributed by atoms with van der Waals surface area (Å²) in [5, 5.41) is 0. The van der Waals surface area contributed by atoms with Crippen LogP contribution in [0.15, 0.2) is 12.3 Å². The summed E-state index contributed by atoms with van der Waals surface area (Å²) in [6, 6.07) is 0. The minimum absolute atomic E-state index is 0.858. The van der Waals surface area contributed by atoms with Gasteiger partial charge in [-0.1, -0.05) is 157 Å². The molecule has 0 aliphatic rings. The standard InChI is InChI=1S/C34H69NO.C2H6/c1-6-9-11-13-14-15-16-17-18-19-20-24-29-35(31-28-33(4)8-3)30-25-22-23-27-34(5)36-32-26-21-12-10-7-2;1-2/h33H,5-32H2,1-4H3;1-2H3. The molecule has 0 aliphatic heterocycles. The molecule has 0 aliphatic carbocycles. The smallest absolute Gasteiger partial charge is 0.0888 e. The molecule has 1 unspecified atom stereocenters. The van der Waals surface area contributed by atoms with Gasteiger partial charge in [0.05, 0.1) is 12.4 Å². The highest BCUT2D eigenvalue weighted by molar-refractivity contribution is 4.81. The fraction of sp³-hybridized carbons (Fsp3) is 0.944. The van der Waals surface area contributed by atoms with Crippen LogP contribution < -0.4 is 0 Å². The van der Waals surface area contributed by atoms with E-state index in [1.807, 2.05) is 13.8 Å². The zero-order valence-electron chi connectivity index (χ0n) is 27.7. The average Bonchev–Trinajstić information content (AvgIpc) is 2.94. The van der Waals surface area contributed by atoms with Crippen molar-refractivity contribution in [3.05, 3.63) is 12.3 Å². The van der Waals surface area contributed by atoms with Gasteiger partial charge >= 0.3 is 0 Å². The summed E-state index contributed by atoms with van der Waals surface area (Å²) in [4.78, 5) is 2.77. The van der Waals surface area contributed by atoms with E-state index in [0.717, 1.165) is 24.7 Å². The van der Waals surface area contributed by atoms with Crippen molar-refractivity contribution in [3.8, 4) is 0 Å². The summed E-state index contributed by atoms with van der Waals surface area (Å²) >= 11 is 0. The number of nitrogens with zero attached hydrogens (tertiary/aromatic N) is 1. The Morgan fingerprint density at radius 3 is 1.47 bits per heavy atom. The Morgan fingerprint density at radius 2 is 1.00 bits per heavy atom. The van der Waals surface area contributed by atoms with Gasteiger partial charge in [-0.2, -0.15) is 0 Å². The molecule has 2 nitrogen and oxygen atoms in total. The fourth-order valence-corrected chi connectivity index (χ4v) is 4.95. The maximum atomic E-state index is 5.85. The lowest BCUT2D eigenvalue weighted by Crippen LogP contribution is -2.28. The first-order valence-corrected chi connectivity index (χ1v) is 17.7. The molecule has 230 valence electrons. The van der Waals surface area contributed by atoms with Gasteiger partial charge in [-0.05, 0) is 57.7 Å². The third-order valence-corrected chi connectivity index (χ3v) is 7.95. The first kappa shape index (κ1) is 39.6. The fourth-order valence-electron chi connectivity index (χ4n) is 4.95. The molecule has 0 saturated carbocycles. The van der Waals surface area contributed by atoms with Crippen LogP contribution in [0.25, 0.3) is 0 Å². The van der Waals surface area contributed by atoms with Crippen LogP contribution in [0.5, 0.6) is 0 Å². The van der Waals surface area contributed by atoms with Gasteiger partial charge in [0, 0.05) is 6.42 Å². The largest absolute Gasteiger partial charge is 0.499 e. The van der Waals surface area contributed by atoms with Crippen LogP contribution in [0, 0.1) is 5.92 Å². The van der Waals surface area contributed by atoms with Crippen molar-refractivity contribution in [1.29, 1.82) is 0 Å². The molecule has 2 heteroatoms. The SMILES string of the molecule is C=C(CCCCCN(CCCCCCCCCCCCCC)CCC(C)CC)OCCCCCCC.CC. The Bertz CT molecular complexity index is 435. The number of rotatable bonds is 30. The molecule has 0 spiro atoms. The molecule has 0 radical (unpaired) electrons. The van der Waals surface area contributed by atoms with Gasteiger partial charge in [0.1, 0.15) is 0 Å². The van der Waals surface area contributed by atoms with E-state index >= 15 is 0 Å². The van der Waals surface area contributed by atoms with Crippen molar-refractivity contribution >= 4 is 0 Å². The first-order chi connectivity index (χ1) is 18.6. The van der Waals surface area contributed by atoms with E-state index in [2.05, 4.69) is 39.2 Å². The van der Waals surface area contributed by atoms with E-state index < -0.39 is 0 Å². The first-order valence-electron chi connectivity index (χ1n) is 17.7. The van der Waals surface area contributed by atoms with Crippen LogP contribution in [0.3, 0.4) is 0 Å². The molecular formula is C36H75NO. The topological polar surface area (TPSA) is 12.5 Å². The molecule has 0 fully saturated rings. The summed E-state index contributed by atoms with van der Waals surface area (Å²) in [6.07, 6.45) is 31.3. The number of unbranched alkanes of at least 4 members (excludes halogenated alkanes) is 17.